The first-order valence-electron chi connectivity index (χ1n) is 6.90. The van der Waals surface area contributed by atoms with Crippen molar-refractivity contribution >= 4 is 5.96 Å². The maximum absolute atomic E-state index is 4.42. The van der Waals surface area contributed by atoms with Crippen molar-refractivity contribution in [1.29, 1.82) is 0 Å². The van der Waals surface area contributed by atoms with Crippen LogP contribution in [0.3, 0.4) is 0 Å². The molecule has 1 atom stereocenters. The molecule has 1 aromatic carbocycles. The van der Waals surface area contributed by atoms with Gasteiger partial charge in [0.2, 0.25) is 0 Å². The number of nitrogens with one attached hydrogen (secondary N) is 2. The number of pyridine rings is 1. The van der Waals surface area contributed by atoms with Gasteiger partial charge in [-0.25, -0.2) is 0 Å². The Balaban J connectivity index is 1.79. The van der Waals surface area contributed by atoms with Gasteiger partial charge in [0.25, 0.3) is 0 Å². The molecule has 0 radical (unpaired) electrons. The van der Waals surface area contributed by atoms with Crippen molar-refractivity contribution in [3.63, 3.8) is 0 Å². The largest absolute Gasteiger partial charge is 0.355 e. The van der Waals surface area contributed by atoms with Crippen LogP contribution in [0.1, 0.15) is 17.2 Å². The second kappa shape index (κ2) is 6.19. The molecule has 1 aromatic heterocycles. The van der Waals surface area contributed by atoms with Gasteiger partial charge >= 0.3 is 0 Å². The highest BCUT2D eigenvalue weighted by Gasteiger charge is 2.15. The predicted octanol–water partition coefficient (Wildman–Crippen LogP) is 1.91. The fourth-order valence-corrected chi connectivity index (χ4v) is 2.35. The fraction of sp³-hybridized carbons (Fsp3) is 0.250. The number of aromatic nitrogens is 1. The lowest BCUT2D eigenvalue weighted by Gasteiger charge is -2.20. The van der Waals surface area contributed by atoms with Crippen LogP contribution in [-0.4, -0.2) is 24.0 Å². The van der Waals surface area contributed by atoms with Gasteiger partial charge in [0, 0.05) is 18.9 Å². The Bertz CT molecular complexity index is 566. The average Bonchev–Trinajstić information content (AvgIpc) is 3.02. The lowest BCUT2D eigenvalue weighted by Crippen LogP contribution is -2.37. The molecule has 0 aliphatic carbocycles. The summed E-state index contributed by atoms with van der Waals surface area (Å²) in [6.07, 6.45) is 4.58. The van der Waals surface area contributed by atoms with Crippen LogP contribution in [-0.2, 0) is 6.42 Å². The molecule has 0 fully saturated rings. The minimum absolute atomic E-state index is 0.211. The summed E-state index contributed by atoms with van der Waals surface area (Å²) < 4.78 is 0. The zero-order valence-corrected chi connectivity index (χ0v) is 11.3. The van der Waals surface area contributed by atoms with E-state index in [1.807, 2.05) is 18.5 Å². The second-order valence-corrected chi connectivity index (χ2v) is 4.82. The SMILES string of the molecule is c1ccc([C@H](Cc2ccncc2)NC2=NCCN2)cc1. The van der Waals surface area contributed by atoms with Crippen molar-refractivity contribution in [1.82, 2.24) is 15.6 Å². The van der Waals surface area contributed by atoms with E-state index in [9.17, 15) is 0 Å². The summed E-state index contributed by atoms with van der Waals surface area (Å²) in [4.78, 5) is 8.50. The molecule has 0 saturated heterocycles. The third kappa shape index (κ3) is 3.15. The van der Waals surface area contributed by atoms with Crippen LogP contribution >= 0.6 is 0 Å². The van der Waals surface area contributed by atoms with Gasteiger partial charge in [-0.3, -0.25) is 9.98 Å². The van der Waals surface area contributed by atoms with Gasteiger partial charge < -0.3 is 10.6 Å². The minimum atomic E-state index is 0.211. The van der Waals surface area contributed by atoms with Crippen molar-refractivity contribution in [2.24, 2.45) is 4.99 Å². The lowest BCUT2D eigenvalue weighted by molar-refractivity contribution is 0.633. The normalized spacial score (nSPS) is 15.3. The van der Waals surface area contributed by atoms with E-state index >= 15 is 0 Å². The highest BCUT2D eigenvalue weighted by molar-refractivity contribution is 5.81. The number of rotatable bonds is 4. The molecular weight excluding hydrogens is 248 g/mol. The van der Waals surface area contributed by atoms with Gasteiger partial charge in [-0.05, 0) is 29.7 Å². The summed E-state index contributed by atoms with van der Waals surface area (Å²) in [5, 5.41) is 6.77. The monoisotopic (exact) mass is 266 g/mol. The van der Waals surface area contributed by atoms with Crippen LogP contribution in [0, 0.1) is 0 Å². The van der Waals surface area contributed by atoms with Gasteiger partial charge in [-0.15, -0.1) is 0 Å². The third-order valence-electron chi connectivity index (χ3n) is 3.38. The van der Waals surface area contributed by atoms with Gasteiger partial charge in [-0.1, -0.05) is 30.3 Å². The number of nitrogens with zero attached hydrogens (tertiary/aromatic N) is 2. The van der Waals surface area contributed by atoms with Gasteiger partial charge in [0.1, 0.15) is 0 Å². The molecule has 20 heavy (non-hydrogen) atoms. The van der Waals surface area contributed by atoms with Crippen LogP contribution in [0.5, 0.6) is 0 Å². The van der Waals surface area contributed by atoms with Crippen molar-refractivity contribution in [2.75, 3.05) is 13.1 Å². The van der Waals surface area contributed by atoms with Crippen molar-refractivity contribution in [3.05, 3.63) is 66.0 Å². The summed E-state index contributed by atoms with van der Waals surface area (Å²) in [6, 6.07) is 14.8. The molecule has 4 nitrogen and oxygen atoms in total. The van der Waals surface area contributed by atoms with E-state index in [2.05, 4.69) is 57.0 Å². The zero-order chi connectivity index (χ0) is 13.6. The molecule has 102 valence electrons. The molecule has 4 heteroatoms. The molecule has 2 N–H and O–H groups in total. The first kappa shape index (κ1) is 12.7. The van der Waals surface area contributed by atoms with E-state index in [0.717, 1.165) is 25.5 Å². The third-order valence-corrected chi connectivity index (χ3v) is 3.38. The van der Waals surface area contributed by atoms with E-state index in [4.69, 9.17) is 0 Å². The number of aliphatic imine (C=N–C) groups is 1. The molecule has 0 bridgehead atoms. The fourth-order valence-electron chi connectivity index (χ4n) is 2.35. The van der Waals surface area contributed by atoms with Gasteiger partial charge in [-0.2, -0.15) is 0 Å². The summed E-state index contributed by atoms with van der Waals surface area (Å²) in [5.74, 6) is 0.896. The Labute approximate surface area is 119 Å². The molecule has 2 aromatic rings. The van der Waals surface area contributed by atoms with Crippen molar-refractivity contribution < 1.29 is 0 Å². The molecule has 3 rings (SSSR count). The molecule has 2 heterocycles. The summed E-state index contributed by atoms with van der Waals surface area (Å²) >= 11 is 0. The molecule has 0 unspecified atom stereocenters. The topological polar surface area (TPSA) is 49.3 Å². The summed E-state index contributed by atoms with van der Waals surface area (Å²) in [5.41, 5.74) is 2.53. The summed E-state index contributed by atoms with van der Waals surface area (Å²) in [6.45, 7) is 1.76. The maximum Gasteiger partial charge on any atom is 0.191 e. The molecule has 0 spiro atoms. The standard InChI is InChI=1S/C16H18N4/c1-2-4-14(5-3-1)15(20-16-18-10-11-19-16)12-13-6-8-17-9-7-13/h1-9,15H,10-12H2,(H2,18,19,20)/t15-/m0/s1. The first-order valence-corrected chi connectivity index (χ1v) is 6.90. The van der Waals surface area contributed by atoms with Crippen LogP contribution in [0.2, 0.25) is 0 Å². The van der Waals surface area contributed by atoms with E-state index in [1.165, 1.54) is 11.1 Å². The van der Waals surface area contributed by atoms with Crippen LogP contribution in [0.25, 0.3) is 0 Å². The predicted molar refractivity (Wildman–Crippen MR) is 80.6 cm³/mol. The Morgan fingerprint density at radius 2 is 1.90 bits per heavy atom. The second-order valence-electron chi connectivity index (χ2n) is 4.82. The lowest BCUT2D eigenvalue weighted by atomic mass is 10.00. The quantitative estimate of drug-likeness (QED) is 0.889. The minimum Gasteiger partial charge on any atom is -0.355 e. The van der Waals surface area contributed by atoms with Crippen LogP contribution in [0.4, 0.5) is 0 Å². The van der Waals surface area contributed by atoms with Crippen molar-refractivity contribution in [2.45, 2.75) is 12.5 Å². The van der Waals surface area contributed by atoms with E-state index in [1.54, 1.807) is 0 Å². The highest BCUT2D eigenvalue weighted by Crippen LogP contribution is 2.18. The van der Waals surface area contributed by atoms with E-state index in [0.29, 0.717) is 0 Å². The number of hydrogen-bond donors (Lipinski definition) is 2. The molecule has 1 aliphatic rings. The summed E-state index contributed by atoms with van der Waals surface area (Å²) in [7, 11) is 0. The molecular formula is C16H18N4. The Hall–Kier alpha value is -2.36. The van der Waals surface area contributed by atoms with E-state index < -0.39 is 0 Å². The Morgan fingerprint density at radius 1 is 1.10 bits per heavy atom. The number of hydrogen-bond acceptors (Lipinski definition) is 4. The Kier molecular flexibility index (Phi) is 3.92. The number of benzene rings is 1. The first-order chi connectivity index (χ1) is 9.92. The number of guanidine groups is 1. The molecule has 1 aliphatic heterocycles. The Morgan fingerprint density at radius 3 is 2.60 bits per heavy atom. The highest BCUT2D eigenvalue weighted by atomic mass is 15.2. The van der Waals surface area contributed by atoms with Crippen molar-refractivity contribution in [3.8, 4) is 0 Å². The van der Waals surface area contributed by atoms with Gasteiger partial charge in [0.15, 0.2) is 5.96 Å². The smallest absolute Gasteiger partial charge is 0.191 e. The van der Waals surface area contributed by atoms with Gasteiger partial charge in [0.05, 0.1) is 12.6 Å². The zero-order valence-electron chi connectivity index (χ0n) is 11.3. The average molecular weight is 266 g/mol. The molecule has 0 amide bonds. The molecule has 0 saturated carbocycles. The van der Waals surface area contributed by atoms with E-state index in [-0.39, 0.29) is 6.04 Å². The maximum atomic E-state index is 4.42. The van der Waals surface area contributed by atoms with Crippen LogP contribution < -0.4 is 10.6 Å². The van der Waals surface area contributed by atoms with Crippen LogP contribution in [0.15, 0.2) is 59.9 Å².